The minimum Gasteiger partial charge on any atom is -0.481 e. The van der Waals surface area contributed by atoms with Gasteiger partial charge in [0.2, 0.25) is 0 Å². The number of nitrogens with zero attached hydrogens (tertiary/aromatic N) is 2. The van der Waals surface area contributed by atoms with Crippen molar-refractivity contribution in [3.8, 4) is 11.3 Å². The summed E-state index contributed by atoms with van der Waals surface area (Å²) in [6, 6.07) is 12.5. The molecular weight excluding hydrogens is 550 g/mol. The second-order valence-electron chi connectivity index (χ2n) is 9.47. The molecule has 0 aliphatic rings. The first-order chi connectivity index (χ1) is 18.9. The van der Waals surface area contributed by atoms with Crippen LogP contribution in [0.15, 0.2) is 66.7 Å². The first kappa shape index (κ1) is 28.9. The Bertz CT molecular complexity index is 1530. The van der Waals surface area contributed by atoms with E-state index in [0.29, 0.717) is 34.8 Å². The maximum atomic E-state index is 13.8. The topological polar surface area (TPSA) is 92.2 Å². The highest BCUT2D eigenvalue weighted by Crippen LogP contribution is 2.33. The molecule has 0 fully saturated rings. The van der Waals surface area contributed by atoms with Crippen LogP contribution in [-0.4, -0.2) is 33.1 Å². The Balaban J connectivity index is 1.68. The number of benzene rings is 3. The van der Waals surface area contributed by atoms with E-state index >= 15 is 0 Å². The zero-order chi connectivity index (χ0) is 29.0. The molecule has 1 aromatic heterocycles. The van der Waals surface area contributed by atoms with Crippen LogP contribution < -0.4 is 5.32 Å². The number of alkyl halides is 3. The van der Waals surface area contributed by atoms with Crippen LogP contribution >= 0.6 is 11.6 Å². The largest absolute Gasteiger partial charge is 0.481 e. The van der Waals surface area contributed by atoms with Crippen LogP contribution in [0.5, 0.6) is 0 Å². The number of halogens is 5. The van der Waals surface area contributed by atoms with Gasteiger partial charge >= 0.3 is 12.1 Å². The van der Waals surface area contributed by atoms with Crippen molar-refractivity contribution in [3.63, 3.8) is 0 Å². The Morgan fingerprint density at radius 3 is 2.27 bits per heavy atom. The van der Waals surface area contributed by atoms with Gasteiger partial charge in [-0.1, -0.05) is 42.8 Å². The monoisotopic (exact) mass is 573 g/mol. The highest BCUT2D eigenvalue weighted by molar-refractivity contribution is 6.30. The molecule has 11 heteroatoms. The molecule has 4 aromatic rings. The number of aryl methyl sites for hydroxylation is 1. The first-order valence-corrected chi connectivity index (χ1v) is 12.7. The zero-order valence-electron chi connectivity index (χ0n) is 21.2. The minimum atomic E-state index is -4.82. The normalized spacial score (nSPS) is 13.2. The van der Waals surface area contributed by atoms with Gasteiger partial charge in [0.1, 0.15) is 5.82 Å². The van der Waals surface area contributed by atoms with Crippen molar-refractivity contribution < 1.29 is 32.3 Å². The molecular formula is C29H24ClF4N3O3. The molecule has 0 spiro atoms. The Morgan fingerprint density at radius 2 is 1.65 bits per heavy atom. The zero-order valence-corrected chi connectivity index (χ0v) is 21.9. The summed E-state index contributed by atoms with van der Waals surface area (Å²) in [7, 11) is 0. The van der Waals surface area contributed by atoms with Gasteiger partial charge in [-0.2, -0.15) is 13.2 Å². The summed E-state index contributed by atoms with van der Waals surface area (Å²) < 4.78 is 54.6. The van der Waals surface area contributed by atoms with E-state index in [9.17, 15) is 27.2 Å². The van der Waals surface area contributed by atoms with Crippen molar-refractivity contribution in [1.29, 1.82) is 0 Å². The number of rotatable bonds is 9. The number of carbonyl (C=O) groups excluding carboxylic acids is 1. The van der Waals surface area contributed by atoms with Crippen LogP contribution in [0.3, 0.4) is 0 Å². The molecule has 0 saturated heterocycles. The van der Waals surface area contributed by atoms with E-state index < -0.39 is 29.9 Å². The lowest BCUT2D eigenvalue weighted by Gasteiger charge is -2.22. The van der Waals surface area contributed by atoms with Crippen molar-refractivity contribution in [1.82, 2.24) is 15.3 Å². The smallest absolute Gasteiger partial charge is 0.412 e. The van der Waals surface area contributed by atoms with Crippen molar-refractivity contribution in [2.45, 2.75) is 38.4 Å². The van der Waals surface area contributed by atoms with E-state index in [-0.39, 0.29) is 29.0 Å². The molecule has 1 unspecified atom stereocenters. The molecule has 1 heterocycles. The van der Waals surface area contributed by atoms with Gasteiger partial charge in [-0.3, -0.25) is 9.59 Å². The number of carboxylic acid groups (broad SMARTS) is 1. The average molecular weight is 574 g/mol. The van der Waals surface area contributed by atoms with Crippen LogP contribution in [-0.2, 0) is 11.2 Å². The van der Waals surface area contributed by atoms with Gasteiger partial charge in [-0.15, -0.1) is 0 Å². The molecule has 40 heavy (non-hydrogen) atoms. The number of nitrogens with one attached hydrogen (secondary N) is 1. The van der Waals surface area contributed by atoms with Gasteiger partial charge in [-0.05, 0) is 66.8 Å². The molecule has 3 aromatic carbocycles. The fourth-order valence-corrected chi connectivity index (χ4v) is 4.38. The van der Waals surface area contributed by atoms with E-state index in [0.717, 1.165) is 29.8 Å². The molecule has 1 amide bonds. The number of amides is 1. The van der Waals surface area contributed by atoms with Gasteiger partial charge in [0, 0.05) is 22.6 Å². The molecule has 0 radical (unpaired) electrons. The van der Waals surface area contributed by atoms with Crippen LogP contribution in [0.25, 0.3) is 22.3 Å². The Labute approximate surface area is 232 Å². The number of carbonyl (C=O) groups is 2. The van der Waals surface area contributed by atoms with E-state index in [4.69, 9.17) is 21.7 Å². The highest BCUT2D eigenvalue weighted by Gasteiger charge is 2.42. The molecule has 2 atom stereocenters. The first-order valence-electron chi connectivity index (χ1n) is 12.3. The molecule has 0 saturated carbocycles. The summed E-state index contributed by atoms with van der Waals surface area (Å²) in [6.07, 6.45) is -3.96. The number of aliphatic carboxylic acids is 1. The van der Waals surface area contributed by atoms with Gasteiger partial charge in [0.25, 0.3) is 5.91 Å². The lowest BCUT2D eigenvalue weighted by Crippen LogP contribution is -2.38. The molecule has 4 rings (SSSR count). The van der Waals surface area contributed by atoms with E-state index in [1.54, 1.807) is 24.3 Å². The predicted octanol–water partition coefficient (Wildman–Crippen LogP) is 7.17. The fourth-order valence-electron chi connectivity index (χ4n) is 4.25. The van der Waals surface area contributed by atoms with Crippen molar-refractivity contribution >= 4 is 34.5 Å². The lowest BCUT2D eigenvalue weighted by molar-refractivity contribution is -0.155. The molecule has 0 aliphatic heterocycles. The van der Waals surface area contributed by atoms with Crippen LogP contribution in [0.2, 0.25) is 5.02 Å². The van der Waals surface area contributed by atoms with Crippen LogP contribution in [0.1, 0.15) is 47.4 Å². The Morgan fingerprint density at radius 1 is 0.975 bits per heavy atom. The second-order valence-corrected chi connectivity index (χ2v) is 9.91. The third kappa shape index (κ3) is 7.12. The summed E-state index contributed by atoms with van der Waals surface area (Å²) in [4.78, 5) is 33.4. The van der Waals surface area contributed by atoms with Gasteiger partial charge in [-0.25, -0.2) is 14.4 Å². The maximum absolute atomic E-state index is 13.8. The number of fused-ring (bicyclic) bond motifs is 1. The quantitative estimate of drug-likeness (QED) is 0.207. The second kappa shape index (κ2) is 12.0. The van der Waals surface area contributed by atoms with Gasteiger partial charge < -0.3 is 10.4 Å². The lowest BCUT2D eigenvalue weighted by atomic mass is 9.98. The van der Waals surface area contributed by atoms with E-state index in [1.165, 1.54) is 18.2 Å². The van der Waals surface area contributed by atoms with Crippen molar-refractivity contribution in [2.24, 2.45) is 5.92 Å². The molecule has 0 bridgehead atoms. The highest BCUT2D eigenvalue weighted by atomic mass is 35.5. The number of aromatic nitrogens is 2. The Hall–Kier alpha value is -4.05. The van der Waals surface area contributed by atoms with E-state index in [2.05, 4.69) is 4.98 Å². The number of hydrogen-bond acceptors (Lipinski definition) is 4. The van der Waals surface area contributed by atoms with Crippen molar-refractivity contribution in [2.75, 3.05) is 0 Å². The molecule has 0 aliphatic carbocycles. The molecule has 2 N–H and O–H groups in total. The summed E-state index contributed by atoms with van der Waals surface area (Å²) >= 11 is 6.03. The third-order valence-corrected chi connectivity index (χ3v) is 6.57. The Kier molecular flexibility index (Phi) is 8.68. The van der Waals surface area contributed by atoms with Crippen molar-refractivity contribution in [3.05, 3.63) is 94.4 Å². The SMILES string of the molecule is CC(CCc1nc2cc(C(=O)N[C@H](c3ccc(F)cc3)C(F)(F)F)ccc2nc1-c1ccc(Cl)cc1)CC(=O)O. The summed E-state index contributed by atoms with van der Waals surface area (Å²) in [5, 5.41) is 11.6. The molecule has 208 valence electrons. The van der Waals surface area contributed by atoms with Crippen LogP contribution in [0.4, 0.5) is 17.6 Å². The van der Waals surface area contributed by atoms with Gasteiger partial charge in [0.15, 0.2) is 6.04 Å². The summed E-state index contributed by atoms with van der Waals surface area (Å²) in [5.41, 5.74) is 2.15. The fraction of sp³-hybridized carbons (Fsp3) is 0.241. The standard InChI is InChI=1S/C29H24ClF4N3O3/c1-16(14-25(38)39)2-12-23-26(17-3-8-20(30)9-4-17)36-22-13-7-19(15-24(22)35-23)28(40)37-27(29(32,33)34)18-5-10-21(31)11-6-18/h3-11,13,15-16,27H,2,12,14H2,1H3,(H,37,40)(H,38,39)/t16?,27-/m1/s1. The van der Waals surface area contributed by atoms with Crippen LogP contribution in [0, 0.1) is 11.7 Å². The predicted molar refractivity (Wildman–Crippen MR) is 142 cm³/mol. The number of hydrogen-bond donors (Lipinski definition) is 2. The number of carboxylic acids is 1. The summed E-state index contributed by atoms with van der Waals surface area (Å²) in [5.74, 6) is -2.75. The third-order valence-electron chi connectivity index (χ3n) is 6.32. The summed E-state index contributed by atoms with van der Waals surface area (Å²) in [6.45, 7) is 1.81. The molecule has 6 nitrogen and oxygen atoms in total. The average Bonchev–Trinajstić information content (AvgIpc) is 2.89. The minimum absolute atomic E-state index is 0.0178. The van der Waals surface area contributed by atoms with Gasteiger partial charge in [0.05, 0.1) is 22.4 Å². The van der Waals surface area contributed by atoms with E-state index in [1.807, 2.05) is 12.2 Å². The maximum Gasteiger partial charge on any atom is 0.412 e.